The summed E-state index contributed by atoms with van der Waals surface area (Å²) in [6.45, 7) is 2.25. The lowest BCUT2D eigenvalue weighted by atomic mass is 9.87. The van der Waals surface area contributed by atoms with Crippen molar-refractivity contribution in [1.29, 1.82) is 0 Å². The van der Waals surface area contributed by atoms with E-state index < -0.39 is 0 Å². The van der Waals surface area contributed by atoms with E-state index in [-0.39, 0.29) is 18.6 Å². The zero-order valence-electron chi connectivity index (χ0n) is 10.7. The molecule has 0 aliphatic heterocycles. The molecule has 2 rings (SSSR count). The number of aromatic nitrogens is 1. The average Bonchev–Trinajstić information content (AvgIpc) is 2.43. The van der Waals surface area contributed by atoms with Crippen LogP contribution in [0.4, 0.5) is 0 Å². The lowest BCUT2D eigenvalue weighted by Gasteiger charge is -2.22. The van der Waals surface area contributed by atoms with E-state index in [0.717, 1.165) is 17.3 Å². The third-order valence-corrected chi connectivity index (χ3v) is 3.48. The van der Waals surface area contributed by atoms with Gasteiger partial charge in [-0.05, 0) is 36.6 Å². The molecule has 2 atom stereocenters. The summed E-state index contributed by atoms with van der Waals surface area (Å²) in [6, 6.07) is 10.3. The minimum absolute atomic E-state index is 0.0891. The Kier molecular flexibility index (Phi) is 4.28. The van der Waals surface area contributed by atoms with E-state index >= 15 is 0 Å². The van der Waals surface area contributed by atoms with Crippen molar-refractivity contribution in [3.05, 3.63) is 42.1 Å². The Morgan fingerprint density at radius 3 is 2.89 bits per heavy atom. The van der Waals surface area contributed by atoms with Crippen LogP contribution in [0.15, 0.2) is 36.5 Å². The van der Waals surface area contributed by atoms with Crippen LogP contribution in [0, 0.1) is 0 Å². The number of rotatable bonds is 5. The molecule has 0 saturated carbocycles. The van der Waals surface area contributed by atoms with Crippen molar-refractivity contribution in [3.63, 3.8) is 0 Å². The van der Waals surface area contributed by atoms with Crippen molar-refractivity contribution in [2.45, 2.75) is 31.7 Å². The summed E-state index contributed by atoms with van der Waals surface area (Å²) >= 11 is 0. The molecular formula is C15H20N2O. The zero-order chi connectivity index (χ0) is 13.0. The average molecular weight is 244 g/mol. The van der Waals surface area contributed by atoms with E-state index in [9.17, 15) is 5.11 Å². The second-order valence-corrected chi connectivity index (χ2v) is 4.65. The Morgan fingerprint density at radius 2 is 2.17 bits per heavy atom. The molecule has 3 nitrogen and oxygen atoms in total. The predicted octanol–water partition coefficient (Wildman–Crippen LogP) is 2.44. The predicted molar refractivity (Wildman–Crippen MR) is 74.5 cm³/mol. The first-order chi connectivity index (χ1) is 8.76. The number of nitrogens with two attached hydrogens (primary N) is 1. The highest BCUT2D eigenvalue weighted by Gasteiger charge is 2.18. The SMILES string of the molecule is CCC(N)C(CCO)c1ccc2ncccc2c1. The molecule has 96 valence electrons. The third kappa shape index (κ3) is 2.68. The van der Waals surface area contributed by atoms with Crippen molar-refractivity contribution in [2.75, 3.05) is 6.61 Å². The molecule has 18 heavy (non-hydrogen) atoms. The summed E-state index contributed by atoms with van der Waals surface area (Å²) in [7, 11) is 0. The van der Waals surface area contributed by atoms with Crippen LogP contribution in [-0.4, -0.2) is 22.7 Å². The fourth-order valence-electron chi connectivity index (χ4n) is 2.38. The third-order valence-electron chi connectivity index (χ3n) is 3.48. The maximum Gasteiger partial charge on any atom is 0.0702 e. The number of hydrogen-bond donors (Lipinski definition) is 2. The summed E-state index contributed by atoms with van der Waals surface area (Å²) in [5.74, 6) is 0.213. The minimum atomic E-state index is 0.0891. The second kappa shape index (κ2) is 5.94. The second-order valence-electron chi connectivity index (χ2n) is 4.65. The maximum atomic E-state index is 9.19. The zero-order valence-corrected chi connectivity index (χ0v) is 10.7. The Hall–Kier alpha value is -1.45. The lowest BCUT2D eigenvalue weighted by Crippen LogP contribution is -2.28. The Labute approximate surface area is 108 Å². The first kappa shape index (κ1) is 13.0. The van der Waals surface area contributed by atoms with Gasteiger partial charge in [0.05, 0.1) is 5.52 Å². The standard InChI is InChI=1S/C15H20N2O/c1-2-14(16)13(7-9-18)11-5-6-15-12(10-11)4-3-8-17-15/h3-6,8,10,13-14,18H,2,7,9,16H2,1H3. The van der Waals surface area contributed by atoms with Crippen LogP contribution in [-0.2, 0) is 0 Å². The first-order valence-electron chi connectivity index (χ1n) is 6.47. The van der Waals surface area contributed by atoms with Gasteiger partial charge in [0.25, 0.3) is 0 Å². The maximum absolute atomic E-state index is 9.19. The van der Waals surface area contributed by atoms with E-state index in [0.29, 0.717) is 6.42 Å². The molecule has 2 aromatic rings. The van der Waals surface area contributed by atoms with E-state index in [4.69, 9.17) is 5.73 Å². The number of fused-ring (bicyclic) bond motifs is 1. The van der Waals surface area contributed by atoms with Gasteiger partial charge in [0.2, 0.25) is 0 Å². The van der Waals surface area contributed by atoms with Gasteiger partial charge in [-0.1, -0.05) is 19.1 Å². The van der Waals surface area contributed by atoms with Gasteiger partial charge >= 0.3 is 0 Å². The van der Waals surface area contributed by atoms with Gasteiger partial charge in [-0.25, -0.2) is 0 Å². The molecule has 3 N–H and O–H groups in total. The highest BCUT2D eigenvalue weighted by Crippen LogP contribution is 2.26. The molecule has 2 unspecified atom stereocenters. The Bertz CT molecular complexity index is 513. The van der Waals surface area contributed by atoms with Gasteiger partial charge < -0.3 is 10.8 Å². The molecule has 1 aromatic heterocycles. The molecule has 0 aliphatic rings. The minimum Gasteiger partial charge on any atom is -0.396 e. The van der Waals surface area contributed by atoms with Crippen LogP contribution >= 0.6 is 0 Å². The number of aliphatic hydroxyl groups excluding tert-OH is 1. The summed E-state index contributed by atoms with van der Waals surface area (Å²) in [6.07, 6.45) is 3.42. The largest absolute Gasteiger partial charge is 0.396 e. The van der Waals surface area contributed by atoms with Crippen LogP contribution in [0.5, 0.6) is 0 Å². The molecular weight excluding hydrogens is 224 g/mol. The van der Waals surface area contributed by atoms with E-state index in [1.165, 1.54) is 5.56 Å². The van der Waals surface area contributed by atoms with E-state index in [1.54, 1.807) is 6.20 Å². The number of benzene rings is 1. The summed E-state index contributed by atoms with van der Waals surface area (Å²) < 4.78 is 0. The highest BCUT2D eigenvalue weighted by atomic mass is 16.3. The molecule has 0 amide bonds. The normalized spacial score (nSPS) is 14.6. The molecule has 0 radical (unpaired) electrons. The molecule has 1 aromatic carbocycles. The van der Waals surface area contributed by atoms with Crippen LogP contribution in [0.1, 0.15) is 31.2 Å². The van der Waals surface area contributed by atoms with Crippen molar-refractivity contribution in [3.8, 4) is 0 Å². The van der Waals surface area contributed by atoms with Crippen molar-refractivity contribution < 1.29 is 5.11 Å². The Balaban J connectivity index is 2.37. The molecule has 1 heterocycles. The number of hydrogen-bond acceptors (Lipinski definition) is 3. The fraction of sp³-hybridized carbons (Fsp3) is 0.400. The van der Waals surface area contributed by atoms with Crippen LogP contribution in [0.2, 0.25) is 0 Å². The summed E-state index contributed by atoms with van der Waals surface area (Å²) in [4.78, 5) is 4.31. The molecule has 0 bridgehead atoms. The number of aliphatic hydroxyl groups is 1. The summed E-state index contributed by atoms with van der Waals surface area (Å²) in [5.41, 5.74) is 8.34. The van der Waals surface area contributed by atoms with E-state index in [1.807, 2.05) is 12.1 Å². The number of nitrogens with zero attached hydrogens (tertiary/aromatic N) is 1. The van der Waals surface area contributed by atoms with E-state index in [2.05, 4.69) is 30.1 Å². The summed E-state index contributed by atoms with van der Waals surface area (Å²) in [5, 5.41) is 10.3. The van der Waals surface area contributed by atoms with Crippen molar-refractivity contribution in [1.82, 2.24) is 4.98 Å². The fourth-order valence-corrected chi connectivity index (χ4v) is 2.38. The molecule has 0 aliphatic carbocycles. The highest BCUT2D eigenvalue weighted by molar-refractivity contribution is 5.79. The molecule has 0 saturated heterocycles. The van der Waals surface area contributed by atoms with Gasteiger partial charge in [-0.2, -0.15) is 0 Å². The van der Waals surface area contributed by atoms with Gasteiger partial charge in [0.1, 0.15) is 0 Å². The first-order valence-corrected chi connectivity index (χ1v) is 6.47. The molecule has 0 spiro atoms. The topological polar surface area (TPSA) is 59.1 Å². The van der Waals surface area contributed by atoms with Gasteiger partial charge in [-0.3, -0.25) is 4.98 Å². The van der Waals surface area contributed by atoms with Gasteiger partial charge in [0, 0.05) is 30.1 Å². The van der Waals surface area contributed by atoms with Gasteiger partial charge in [-0.15, -0.1) is 0 Å². The number of pyridine rings is 1. The quantitative estimate of drug-likeness (QED) is 0.849. The van der Waals surface area contributed by atoms with Gasteiger partial charge in [0.15, 0.2) is 0 Å². The van der Waals surface area contributed by atoms with Crippen LogP contribution in [0.3, 0.4) is 0 Å². The van der Waals surface area contributed by atoms with Crippen molar-refractivity contribution in [2.24, 2.45) is 5.73 Å². The monoisotopic (exact) mass is 244 g/mol. The van der Waals surface area contributed by atoms with Crippen molar-refractivity contribution >= 4 is 10.9 Å². The molecule has 0 fully saturated rings. The smallest absolute Gasteiger partial charge is 0.0702 e. The lowest BCUT2D eigenvalue weighted by molar-refractivity contribution is 0.266. The van der Waals surface area contributed by atoms with Crippen LogP contribution in [0.25, 0.3) is 10.9 Å². The Morgan fingerprint density at radius 1 is 1.33 bits per heavy atom. The van der Waals surface area contributed by atoms with Crippen LogP contribution < -0.4 is 5.73 Å². The molecule has 3 heteroatoms.